The molecule has 7 rings (SSSR count). The molecule has 0 spiro atoms. The van der Waals surface area contributed by atoms with Gasteiger partial charge in [-0.15, -0.1) is 0 Å². The van der Waals surface area contributed by atoms with E-state index in [1.165, 1.54) is 0 Å². The van der Waals surface area contributed by atoms with Crippen molar-refractivity contribution in [3.05, 3.63) is 163 Å². The van der Waals surface area contributed by atoms with E-state index in [0.29, 0.717) is 22.5 Å². The van der Waals surface area contributed by atoms with Crippen LogP contribution in [0.2, 0.25) is 0 Å². The van der Waals surface area contributed by atoms with E-state index in [9.17, 15) is 4.79 Å². The first-order chi connectivity index (χ1) is 22.1. The number of nitrogens with zero attached hydrogens (tertiary/aromatic N) is 4. The van der Waals surface area contributed by atoms with Crippen molar-refractivity contribution >= 4 is 11.6 Å². The molecule has 0 bridgehead atoms. The molecule has 6 nitrogen and oxygen atoms in total. The second kappa shape index (κ2) is 11.8. The number of rotatable bonds is 8. The Hall–Kier alpha value is -5.56. The number of pyridine rings is 1. The standard InChI is InChI=1S/C38H31FN4O2/c1-2-45-37(44)28-20-18-27(19-21-28)35-36(39)41-34-23-22-29(25-42(34)35)30-24-40-43(26-30)38(31-12-6-3-7-13-31,32-14-8-4-9-15-32)33-16-10-5-11-17-33/h3-16,18-26,33H,2,17H2,1H3. The van der Waals surface area contributed by atoms with E-state index in [2.05, 4.69) is 88.7 Å². The molecule has 45 heavy (non-hydrogen) atoms. The van der Waals surface area contributed by atoms with Crippen molar-refractivity contribution in [1.82, 2.24) is 19.2 Å². The zero-order valence-corrected chi connectivity index (χ0v) is 24.8. The Morgan fingerprint density at radius 3 is 2.20 bits per heavy atom. The number of fused-ring (bicyclic) bond motifs is 1. The summed E-state index contributed by atoms with van der Waals surface area (Å²) in [5, 5.41) is 5.02. The molecule has 3 aromatic carbocycles. The zero-order chi connectivity index (χ0) is 30.8. The first-order valence-electron chi connectivity index (χ1n) is 15.0. The first-order valence-corrected chi connectivity index (χ1v) is 15.0. The van der Waals surface area contributed by atoms with Crippen LogP contribution in [-0.4, -0.2) is 31.7 Å². The highest BCUT2D eigenvalue weighted by Crippen LogP contribution is 2.44. The molecule has 0 saturated heterocycles. The number of halogens is 1. The summed E-state index contributed by atoms with van der Waals surface area (Å²) in [6.07, 6.45) is 15.4. The third kappa shape index (κ3) is 4.96. The number of esters is 1. The average Bonchev–Trinajstić information content (AvgIpc) is 3.71. The van der Waals surface area contributed by atoms with Crippen LogP contribution in [0.15, 0.2) is 140 Å². The zero-order valence-electron chi connectivity index (χ0n) is 24.8. The van der Waals surface area contributed by atoms with Crippen molar-refractivity contribution in [2.45, 2.75) is 18.9 Å². The number of aromatic nitrogens is 4. The normalized spacial score (nSPS) is 14.6. The number of carbonyl (C=O) groups is 1. The van der Waals surface area contributed by atoms with Gasteiger partial charge in [0.25, 0.3) is 0 Å². The lowest BCUT2D eigenvalue weighted by atomic mass is 9.70. The van der Waals surface area contributed by atoms with Gasteiger partial charge < -0.3 is 4.74 Å². The molecule has 1 unspecified atom stereocenters. The Kier molecular flexibility index (Phi) is 7.43. The Morgan fingerprint density at radius 1 is 0.867 bits per heavy atom. The van der Waals surface area contributed by atoms with E-state index in [-0.39, 0.29) is 12.5 Å². The third-order valence-electron chi connectivity index (χ3n) is 8.47. The molecule has 0 saturated carbocycles. The number of imidazole rings is 1. The molecule has 1 aliphatic rings. The first kappa shape index (κ1) is 28.2. The lowest BCUT2D eigenvalue weighted by Gasteiger charge is -2.41. The monoisotopic (exact) mass is 594 g/mol. The summed E-state index contributed by atoms with van der Waals surface area (Å²) in [4.78, 5) is 16.3. The second-order valence-electron chi connectivity index (χ2n) is 11.0. The summed E-state index contributed by atoms with van der Waals surface area (Å²) < 4.78 is 24.2. The molecule has 0 radical (unpaired) electrons. The van der Waals surface area contributed by atoms with Crippen LogP contribution < -0.4 is 0 Å². The highest BCUT2D eigenvalue weighted by atomic mass is 19.1. The van der Waals surface area contributed by atoms with E-state index in [0.717, 1.165) is 28.7 Å². The average molecular weight is 595 g/mol. The predicted octanol–water partition coefficient (Wildman–Crippen LogP) is 8.10. The Morgan fingerprint density at radius 2 is 1.56 bits per heavy atom. The molecule has 1 atom stereocenters. The van der Waals surface area contributed by atoms with Gasteiger partial charge in [-0.3, -0.25) is 9.08 Å². The predicted molar refractivity (Wildman–Crippen MR) is 173 cm³/mol. The number of benzene rings is 3. The van der Waals surface area contributed by atoms with Gasteiger partial charge in [0.15, 0.2) is 0 Å². The van der Waals surface area contributed by atoms with Crippen LogP contribution in [0.25, 0.3) is 28.0 Å². The molecule has 0 fully saturated rings. The van der Waals surface area contributed by atoms with Crippen LogP contribution in [0.5, 0.6) is 0 Å². The highest BCUT2D eigenvalue weighted by Gasteiger charge is 2.43. The largest absolute Gasteiger partial charge is 0.462 e. The Bertz CT molecular complexity index is 1990. The summed E-state index contributed by atoms with van der Waals surface area (Å²) in [6, 6.07) is 31.5. The molecule has 7 heteroatoms. The number of hydrogen-bond donors (Lipinski definition) is 0. The minimum Gasteiger partial charge on any atom is -0.462 e. The maximum atomic E-state index is 15.3. The maximum absolute atomic E-state index is 15.3. The topological polar surface area (TPSA) is 61.4 Å². The SMILES string of the molecule is CCOC(=O)c1ccc(-c2c(F)nc3ccc(-c4cnn(C(c5ccccc5)(c5ccccc5)C5C=CC=CC5)c4)cn23)cc1. The fourth-order valence-corrected chi connectivity index (χ4v) is 6.39. The fraction of sp³-hybridized carbons (Fsp3) is 0.132. The van der Waals surface area contributed by atoms with Gasteiger partial charge in [0, 0.05) is 35.0 Å². The van der Waals surface area contributed by atoms with Gasteiger partial charge in [0.2, 0.25) is 5.95 Å². The minimum atomic E-state index is -0.612. The highest BCUT2D eigenvalue weighted by molar-refractivity contribution is 5.90. The molecule has 0 aliphatic heterocycles. The fourth-order valence-electron chi connectivity index (χ4n) is 6.39. The van der Waals surface area contributed by atoms with Crippen LogP contribution in [0.4, 0.5) is 4.39 Å². The maximum Gasteiger partial charge on any atom is 0.338 e. The van der Waals surface area contributed by atoms with Crippen LogP contribution in [0, 0.1) is 11.9 Å². The lowest BCUT2D eigenvalue weighted by molar-refractivity contribution is 0.0526. The molecule has 3 aromatic heterocycles. The van der Waals surface area contributed by atoms with Gasteiger partial charge in [0.05, 0.1) is 18.4 Å². The lowest BCUT2D eigenvalue weighted by Crippen LogP contribution is -2.43. The van der Waals surface area contributed by atoms with Gasteiger partial charge >= 0.3 is 5.97 Å². The summed E-state index contributed by atoms with van der Waals surface area (Å²) >= 11 is 0. The third-order valence-corrected chi connectivity index (χ3v) is 8.47. The van der Waals surface area contributed by atoms with Gasteiger partial charge in [-0.2, -0.15) is 14.5 Å². The Balaban J connectivity index is 1.34. The van der Waals surface area contributed by atoms with Crippen LogP contribution >= 0.6 is 0 Å². The van der Waals surface area contributed by atoms with Crippen molar-refractivity contribution in [3.8, 4) is 22.4 Å². The molecular formula is C38H31FN4O2. The minimum absolute atomic E-state index is 0.106. The number of ether oxygens (including phenoxy) is 1. The van der Waals surface area contributed by atoms with Crippen LogP contribution in [0.1, 0.15) is 34.8 Å². The van der Waals surface area contributed by atoms with Gasteiger partial charge in [-0.1, -0.05) is 97.1 Å². The second-order valence-corrected chi connectivity index (χ2v) is 11.0. The molecule has 6 aromatic rings. The Labute approximate surface area is 260 Å². The quantitative estimate of drug-likeness (QED) is 0.167. The number of carbonyl (C=O) groups excluding carboxylic acids is 1. The molecule has 1 aliphatic carbocycles. The van der Waals surface area contributed by atoms with Gasteiger partial charge in [-0.05, 0) is 48.7 Å². The molecule has 3 heterocycles. The molecule has 0 N–H and O–H groups in total. The number of hydrogen-bond acceptors (Lipinski definition) is 4. The van der Waals surface area contributed by atoms with Crippen molar-refractivity contribution in [1.29, 1.82) is 0 Å². The van der Waals surface area contributed by atoms with Gasteiger partial charge in [0.1, 0.15) is 16.9 Å². The smallest absolute Gasteiger partial charge is 0.338 e. The molecular weight excluding hydrogens is 563 g/mol. The van der Waals surface area contributed by atoms with Crippen molar-refractivity contribution < 1.29 is 13.9 Å². The van der Waals surface area contributed by atoms with E-state index in [4.69, 9.17) is 9.84 Å². The number of allylic oxidation sites excluding steroid dienone is 4. The summed E-state index contributed by atoms with van der Waals surface area (Å²) in [5.41, 5.74) is 5.22. The van der Waals surface area contributed by atoms with Gasteiger partial charge in [-0.25, -0.2) is 4.79 Å². The molecule has 222 valence electrons. The summed E-state index contributed by atoms with van der Waals surface area (Å²) in [5.74, 6) is -0.894. The van der Waals surface area contributed by atoms with E-state index >= 15 is 4.39 Å². The van der Waals surface area contributed by atoms with Crippen LogP contribution in [-0.2, 0) is 10.3 Å². The van der Waals surface area contributed by atoms with E-state index in [1.54, 1.807) is 35.6 Å². The summed E-state index contributed by atoms with van der Waals surface area (Å²) in [7, 11) is 0. The van der Waals surface area contributed by atoms with E-state index < -0.39 is 17.5 Å². The molecule has 0 amide bonds. The van der Waals surface area contributed by atoms with Crippen molar-refractivity contribution in [3.63, 3.8) is 0 Å². The van der Waals surface area contributed by atoms with Crippen LogP contribution in [0.3, 0.4) is 0 Å². The van der Waals surface area contributed by atoms with Crippen molar-refractivity contribution in [2.24, 2.45) is 5.92 Å². The van der Waals surface area contributed by atoms with E-state index in [1.807, 2.05) is 36.7 Å². The van der Waals surface area contributed by atoms with Crippen molar-refractivity contribution in [2.75, 3.05) is 6.61 Å². The summed E-state index contributed by atoms with van der Waals surface area (Å²) in [6.45, 7) is 2.04.